The molecule has 0 saturated carbocycles. The van der Waals surface area contributed by atoms with Crippen molar-refractivity contribution in [2.24, 2.45) is 11.5 Å². The van der Waals surface area contributed by atoms with Gasteiger partial charge in [0.1, 0.15) is 0 Å². The second-order valence-corrected chi connectivity index (χ2v) is 5.01. The van der Waals surface area contributed by atoms with Crippen molar-refractivity contribution in [1.29, 1.82) is 0 Å². The van der Waals surface area contributed by atoms with Crippen molar-refractivity contribution in [3.05, 3.63) is 29.3 Å². The van der Waals surface area contributed by atoms with Crippen LogP contribution < -0.4 is 16.4 Å². The number of carbonyl (C=O) groups excluding carboxylic acids is 1. The molecule has 4 N–H and O–H groups in total. The van der Waals surface area contributed by atoms with Crippen LogP contribution in [0.3, 0.4) is 0 Å². The number of amides is 1. The summed E-state index contributed by atoms with van der Waals surface area (Å²) in [4.78, 5) is 13.8. The van der Waals surface area contributed by atoms with E-state index in [-0.39, 0.29) is 11.9 Å². The lowest BCUT2D eigenvalue weighted by atomic mass is 10.1. The Kier molecular flexibility index (Phi) is 3.99. The maximum atomic E-state index is 12.0. The SMILES string of the molecule is CC(N)CCCN1C(=O)Cc2cc(CN)ccc21. The van der Waals surface area contributed by atoms with E-state index in [9.17, 15) is 4.79 Å². The number of fused-ring (bicyclic) bond motifs is 1. The number of hydrogen-bond donors (Lipinski definition) is 2. The first-order chi connectivity index (χ1) is 8.61. The fraction of sp³-hybridized carbons (Fsp3) is 0.500. The van der Waals surface area contributed by atoms with Gasteiger partial charge in [-0.2, -0.15) is 0 Å². The maximum Gasteiger partial charge on any atom is 0.231 e. The third-order valence-electron chi connectivity index (χ3n) is 3.35. The van der Waals surface area contributed by atoms with Crippen molar-refractivity contribution >= 4 is 11.6 Å². The normalized spacial score (nSPS) is 15.9. The highest BCUT2D eigenvalue weighted by atomic mass is 16.2. The fourth-order valence-corrected chi connectivity index (χ4v) is 2.38. The molecule has 1 unspecified atom stereocenters. The molecule has 98 valence electrons. The third kappa shape index (κ3) is 2.71. The van der Waals surface area contributed by atoms with Crippen LogP contribution in [-0.4, -0.2) is 18.5 Å². The summed E-state index contributed by atoms with van der Waals surface area (Å²) in [6, 6.07) is 6.24. The van der Waals surface area contributed by atoms with Gasteiger partial charge >= 0.3 is 0 Å². The third-order valence-corrected chi connectivity index (χ3v) is 3.35. The van der Waals surface area contributed by atoms with Crippen LogP contribution in [0.25, 0.3) is 0 Å². The monoisotopic (exact) mass is 247 g/mol. The average Bonchev–Trinajstić information content (AvgIpc) is 2.64. The van der Waals surface area contributed by atoms with E-state index in [1.807, 2.05) is 30.0 Å². The number of rotatable bonds is 5. The first kappa shape index (κ1) is 13.1. The highest BCUT2D eigenvalue weighted by Crippen LogP contribution is 2.29. The van der Waals surface area contributed by atoms with E-state index < -0.39 is 0 Å². The Morgan fingerprint density at radius 1 is 1.44 bits per heavy atom. The first-order valence-corrected chi connectivity index (χ1v) is 6.49. The summed E-state index contributed by atoms with van der Waals surface area (Å²) >= 11 is 0. The van der Waals surface area contributed by atoms with E-state index in [2.05, 4.69) is 0 Å². The maximum absolute atomic E-state index is 12.0. The molecule has 18 heavy (non-hydrogen) atoms. The topological polar surface area (TPSA) is 72.3 Å². The number of anilines is 1. The van der Waals surface area contributed by atoms with Crippen molar-refractivity contribution in [3.8, 4) is 0 Å². The summed E-state index contributed by atoms with van der Waals surface area (Å²) in [5.74, 6) is 0.184. The summed E-state index contributed by atoms with van der Waals surface area (Å²) < 4.78 is 0. The first-order valence-electron chi connectivity index (χ1n) is 6.49. The van der Waals surface area contributed by atoms with Gasteiger partial charge in [0.15, 0.2) is 0 Å². The number of hydrogen-bond acceptors (Lipinski definition) is 3. The Labute approximate surface area is 108 Å². The highest BCUT2D eigenvalue weighted by molar-refractivity contribution is 6.01. The zero-order valence-electron chi connectivity index (χ0n) is 10.9. The lowest BCUT2D eigenvalue weighted by molar-refractivity contribution is -0.117. The molecule has 1 amide bonds. The van der Waals surface area contributed by atoms with Crippen LogP contribution in [0.1, 0.15) is 30.9 Å². The molecule has 1 heterocycles. The Balaban J connectivity index is 2.08. The smallest absolute Gasteiger partial charge is 0.231 e. The number of nitrogens with zero attached hydrogens (tertiary/aromatic N) is 1. The molecule has 0 saturated heterocycles. The molecule has 4 nitrogen and oxygen atoms in total. The van der Waals surface area contributed by atoms with Crippen molar-refractivity contribution < 1.29 is 4.79 Å². The Bertz CT molecular complexity index is 443. The molecule has 0 aliphatic carbocycles. The van der Waals surface area contributed by atoms with Gasteiger partial charge in [0.25, 0.3) is 0 Å². The number of nitrogens with two attached hydrogens (primary N) is 2. The van der Waals surface area contributed by atoms with E-state index in [0.29, 0.717) is 13.0 Å². The van der Waals surface area contributed by atoms with Crippen LogP contribution in [0.2, 0.25) is 0 Å². The van der Waals surface area contributed by atoms with Crippen molar-refractivity contribution in [3.63, 3.8) is 0 Å². The van der Waals surface area contributed by atoms with Gasteiger partial charge in [-0.25, -0.2) is 0 Å². The zero-order chi connectivity index (χ0) is 13.1. The standard InChI is InChI=1S/C14H21N3O/c1-10(16)3-2-6-17-13-5-4-11(9-15)7-12(13)8-14(17)18/h4-5,7,10H,2-3,6,8-9,15-16H2,1H3. The summed E-state index contributed by atoms with van der Waals surface area (Å²) in [5.41, 5.74) is 14.6. The predicted molar refractivity (Wildman–Crippen MR) is 73.3 cm³/mol. The molecule has 2 rings (SSSR count). The van der Waals surface area contributed by atoms with Gasteiger partial charge in [-0.05, 0) is 37.0 Å². The second-order valence-electron chi connectivity index (χ2n) is 5.01. The number of carbonyl (C=O) groups is 1. The Morgan fingerprint density at radius 3 is 2.89 bits per heavy atom. The van der Waals surface area contributed by atoms with Crippen LogP contribution >= 0.6 is 0 Å². The van der Waals surface area contributed by atoms with Crippen molar-refractivity contribution in [2.75, 3.05) is 11.4 Å². The van der Waals surface area contributed by atoms with Crippen molar-refractivity contribution in [1.82, 2.24) is 0 Å². The van der Waals surface area contributed by atoms with Crippen molar-refractivity contribution in [2.45, 2.75) is 38.8 Å². The lowest BCUT2D eigenvalue weighted by Crippen LogP contribution is -2.29. The number of benzene rings is 1. The largest absolute Gasteiger partial charge is 0.328 e. The van der Waals surface area contributed by atoms with Crippen LogP contribution in [-0.2, 0) is 17.8 Å². The Morgan fingerprint density at radius 2 is 2.22 bits per heavy atom. The van der Waals surface area contributed by atoms with Gasteiger partial charge < -0.3 is 16.4 Å². The average molecular weight is 247 g/mol. The van der Waals surface area contributed by atoms with Gasteiger partial charge in [0.2, 0.25) is 5.91 Å². The molecule has 0 aromatic heterocycles. The highest BCUT2D eigenvalue weighted by Gasteiger charge is 2.26. The van der Waals surface area contributed by atoms with Gasteiger partial charge in [0.05, 0.1) is 6.42 Å². The lowest BCUT2D eigenvalue weighted by Gasteiger charge is -2.18. The summed E-state index contributed by atoms with van der Waals surface area (Å²) in [6.45, 7) is 3.27. The molecule has 0 fully saturated rings. The molecule has 1 aromatic carbocycles. The summed E-state index contributed by atoms with van der Waals surface area (Å²) in [5, 5.41) is 0. The van der Waals surface area contributed by atoms with Crippen LogP contribution in [0.5, 0.6) is 0 Å². The molecule has 1 atom stereocenters. The summed E-state index contributed by atoms with van der Waals surface area (Å²) in [7, 11) is 0. The van der Waals surface area contributed by atoms with Gasteiger partial charge in [-0.15, -0.1) is 0 Å². The van der Waals surface area contributed by atoms with E-state index >= 15 is 0 Å². The molecular weight excluding hydrogens is 226 g/mol. The second kappa shape index (κ2) is 5.50. The molecule has 0 bridgehead atoms. The van der Waals surface area contributed by atoms with E-state index in [4.69, 9.17) is 11.5 Å². The van der Waals surface area contributed by atoms with Crippen LogP contribution in [0.15, 0.2) is 18.2 Å². The Hall–Kier alpha value is -1.39. The molecule has 0 spiro atoms. The molecule has 0 radical (unpaired) electrons. The van der Waals surface area contributed by atoms with Gasteiger partial charge in [-0.1, -0.05) is 12.1 Å². The van der Waals surface area contributed by atoms with E-state index in [0.717, 1.165) is 36.2 Å². The molecule has 1 aliphatic heterocycles. The van der Waals surface area contributed by atoms with Crippen LogP contribution in [0.4, 0.5) is 5.69 Å². The quantitative estimate of drug-likeness (QED) is 0.820. The van der Waals surface area contributed by atoms with Gasteiger partial charge in [-0.3, -0.25) is 4.79 Å². The zero-order valence-corrected chi connectivity index (χ0v) is 10.9. The van der Waals surface area contributed by atoms with Crippen LogP contribution in [0, 0.1) is 0 Å². The van der Waals surface area contributed by atoms with Gasteiger partial charge in [0, 0.05) is 24.8 Å². The minimum absolute atomic E-state index is 0.184. The van der Waals surface area contributed by atoms with E-state index in [1.165, 1.54) is 0 Å². The fourth-order valence-electron chi connectivity index (χ4n) is 2.38. The summed E-state index contributed by atoms with van der Waals surface area (Å²) in [6.07, 6.45) is 2.39. The minimum Gasteiger partial charge on any atom is -0.328 e. The molecule has 4 heteroatoms. The molecule has 1 aliphatic rings. The predicted octanol–water partition coefficient (Wildman–Crippen LogP) is 1.16. The van der Waals surface area contributed by atoms with E-state index in [1.54, 1.807) is 0 Å². The molecule has 1 aromatic rings. The molecular formula is C14H21N3O. The minimum atomic E-state index is 0.184.